The van der Waals surface area contributed by atoms with Gasteiger partial charge in [-0.2, -0.15) is 0 Å². The number of rotatable bonds is 3. The van der Waals surface area contributed by atoms with Crippen LogP contribution < -0.4 is 10.5 Å². The molecule has 5 heteroatoms. The zero-order valence-corrected chi connectivity index (χ0v) is 11.6. The van der Waals surface area contributed by atoms with Gasteiger partial charge in [0.1, 0.15) is 5.75 Å². The Bertz CT molecular complexity index is 454. The minimum absolute atomic E-state index is 0.0101. The number of carbonyl (C=O) groups excluding carboxylic acids is 1. The highest BCUT2D eigenvalue weighted by molar-refractivity contribution is 5.99. The lowest BCUT2D eigenvalue weighted by atomic mass is 10.1. The number of benzene rings is 1. The van der Waals surface area contributed by atoms with E-state index < -0.39 is 0 Å². The van der Waals surface area contributed by atoms with Crippen LogP contribution in [0, 0.1) is 0 Å². The van der Waals surface area contributed by atoms with Gasteiger partial charge in [-0.1, -0.05) is 6.92 Å². The molecule has 1 aromatic carbocycles. The van der Waals surface area contributed by atoms with E-state index in [1.54, 1.807) is 25.3 Å². The average molecular weight is 263 g/mol. The lowest BCUT2D eigenvalue weighted by Crippen LogP contribution is -2.48. The maximum atomic E-state index is 12.4. The molecule has 19 heavy (non-hydrogen) atoms. The number of amides is 1. The molecule has 2 rings (SSSR count). The van der Waals surface area contributed by atoms with Gasteiger partial charge in [0.05, 0.1) is 12.7 Å². The number of nitrogens with zero attached hydrogens (tertiary/aromatic N) is 2. The fraction of sp³-hybridized carbons (Fsp3) is 0.500. The molecule has 1 heterocycles. The van der Waals surface area contributed by atoms with Crippen LogP contribution >= 0.6 is 0 Å². The summed E-state index contributed by atoms with van der Waals surface area (Å²) < 4.78 is 5.09. The molecule has 1 aliphatic heterocycles. The van der Waals surface area contributed by atoms with Gasteiger partial charge in [-0.3, -0.25) is 4.79 Å². The van der Waals surface area contributed by atoms with Crippen molar-refractivity contribution in [2.24, 2.45) is 0 Å². The van der Waals surface area contributed by atoms with Gasteiger partial charge in [0.15, 0.2) is 0 Å². The smallest absolute Gasteiger partial charge is 0.256 e. The van der Waals surface area contributed by atoms with Gasteiger partial charge < -0.3 is 20.3 Å². The number of hydrogen-bond acceptors (Lipinski definition) is 4. The topological polar surface area (TPSA) is 58.8 Å². The number of anilines is 1. The largest absolute Gasteiger partial charge is 0.497 e. The second-order valence-corrected chi connectivity index (χ2v) is 4.68. The van der Waals surface area contributed by atoms with Crippen LogP contribution in [0.3, 0.4) is 0 Å². The summed E-state index contributed by atoms with van der Waals surface area (Å²) >= 11 is 0. The molecule has 1 aliphatic rings. The first-order valence-electron chi connectivity index (χ1n) is 6.61. The summed E-state index contributed by atoms with van der Waals surface area (Å²) in [6.45, 7) is 6.55. The molecule has 1 fully saturated rings. The van der Waals surface area contributed by atoms with Gasteiger partial charge in [-0.15, -0.1) is 0 Å². The summed E-state index contributed by atoms with van der Waals surface area (Å²) in [5, 5.41) is 0. The van der Waals surface area contributed by atoms with Crippen LogP contribution in [0.2, 0.25) is 0 Å². The zero-order valence-electron chi connectivity index (χ0n) is 11.6. The number of ether oxygens (including phenoxy) is 1. The summed E-state index contributed by atoms with van der Waals surface area (Å²) in [5.74, 6) is 0.681. The number of nitrogens with two attached hydrogens (primary N) is 1. The van der Waals surface area contributed by atoms with Crippen LogP contribution in [0.25, 0.3) is 0 Å². The van der Waals surface area contributed by atoms with Crippen molar-refractivity contribution in [2.75, 3.05) is 45.6 Å². The predicted octanol–water partition coefficient (Wildman–Crippen LogP) is 1.06. The summed E-state index contributed by atoms with van der Waals surface area (Å²) in [7, 11) is 1.58. The van der Waals surface area contributed by atoms with Gasteiger partial charge in [0, 0.05) is 37.9 Å². The molecule has 0 bridgehead atoms. The van der Waals surface area contributed by atoms with E-state index in [-0.39, 0.29) is 5.91 Å². The second-order valence-electron chi connectivity index (χ2n) is 4.68. The molecule has 0 atom stereocenters. The predicted molar refractivity (Wildman–Crippen MR) is 75.4 cm³/mol. The summed E-state index contributed by atoms with van der Waals surface area (Å²) in [4.78, 5) is 16.6. The molecule has 2 N–H and O–H groups in total. The SMILES string of the molecule is CCN1CCN(C(=O)c2ccc(OC)cc2N)CC1. The normalized spacial score (nSPS) is 16.4. The molecular formula is C14H21N3O2. The van der Waals surface area contributed by atoms with E-state index in [1.165, 1.54) is 0 Å². The standard InChI is InChI=1S/C14H21N3O2/c1-3-16-6-8-17(9-7-16)14(18)12-5-4-11(19-2)10-13(12)15/h4-5,10H,3,6-9,15H2,1-2H3. The highest BCUT2D eigenvalue weighted by Gasteiger charge is 2.22. The molecule has 0 unspecified atom stereocenters. The fourth-order valence-corrected chi connectivity index (χ4v) is 2.30. The van der Waals surface area contributed by atoms with E-state index in [4.69, 9.17) is 10.5 Å². The van der Waals surface area contributed by atoms with Crippen molar-refractivity contribution in [2.45, 2.75) is 6.92 Å². The molecule has 1 aromatic rings. The maximum absolute atomic E-state index is 12.4. The van der Waals surface area contributed by atoms with Crippen LogP contribution in [0.1, 0.15) is 17.3 Å². The van der Waals surface area contributed by atoms with E-state index in [1.807, 2.05) is 4.90 Å². The average Bonchev–Trinajstić information content (AvgIpc) is 2.46. The van der Waals surface area contributed by atoms with E-state index >= 15 is 0 Å². The van der Waals surface area contributed by atoms with Crippen molar-refractivity contribution >= 4 is 11.6 Å². The van der Waals surface area contributed by atoms with Crippen molar-refractivity contribution in [1.29, 1.82) is 0 Å². The Morgan fingerprint density at radius 1 is 1.32 bits per heavy atom. The minimum atomic E-state index is 0.0101. The van der Waals surface area contributed by atoms with Gasteiger partial charge in [-0.25, -0.2) is 0 Å². The zero-order chi connectivity index (χ0) is 13.8. The second kappa shape index (κ2) is 5.93. The first kappa shape index (κ1) is 13.7. The Kier molecular flexibility index (Phi) is 4.27. The number of nitrogen functional groups attached to an aromatic ring is 1. The summed E-state index contributed by atoms with van der Waals surface area (Å²) in [5.41, 5.74) is 6.96. The van der Waals surface area contributed by atoms with E-state index in [0.717, 1.165) is 32.7 Å². The molecule has 1 amide bonds. The van der Waals surface area contributed by atoms with Crippen molar-refractivity contribution in [1.82, 2.24) is 9.80 Å². The van der Waals surface area contributed by atoms with Gasteiger partial charge in [0.25, 0.3) is 5.91 Å². The third-order valence-corrected chi connectivity index (χ3v) is 3.60. The van der Waals surface area contributed by atoms with Crippen LogP contribution in [0.4, 0.5) is 5.69 Å². The van der Waals surface area contributed by atoms with Gasteiger partial charge in [0.2, 0.25) is 0 Å². The number of carbonyl (C=O) groups is 1. The highest BCUT2D eigenvalue weighted by Crippen LogP contribution is 2.21. The lowest BCUT2D eigenvalue weighted by molar-refractivity contribution is 0.0644. The van der Waals surface area contributed by atoms with Crippen LogP contribution in [0.5, 0.6) is 5.75 Å². The molecule has 0 aliphatic carbocycles. The molecule has 0 spiro atoms. The number of likely N-dealkylation sites (N-methyl/N-ethyl adjacent to an activating group) is 1. The quantitative estimate of drug-likeness (QED) is 0.828. The third kappa shape index (κ3) is 2.98. The van der Waals surface area contributed by atoms with Crippen LogP contribution in [-0.2, 0) is 0 Å². The van der Waals surface area contributed by atoms with Crippen molar-refractivity contribution in [3.05, 3.63) is 23.8 Å². The Morgan fingerprint density at radius 3 is 2.53 bits per heavy atom. The number of hydrogen-bond donors (Lipinski definition) is 1. The van der Waals surface area contributed by atoms with Gasteiger partial charge >= 0.3 is 0 Å². The van der Waals surface area contributed by atoms with Crippen molar-refractivity contribution < 1.29 is 9.53 Å². The Labute approximate surface area is 113 Å². The summed E-state index contributed by atoms with van der Waals surface area (Å²) in [6.07, 6.45) is 0. The first-order chi connectivity index (χ1) is 9.15. The third-order valence-electron chi connectivity index (χ3n) is 3.60. The molecule has 5 nitrogen and oxygen atoms in total. The molecule has 1 saturated heterocycles. The molecular weight excluding hydrogens is 242 g/mol. The molecule has 0 radical (unpaired) electrons. The Balaban J connectivity index is 2.08. The molecule has 0 aromatic heterocycles. The molecule has 0 saturated carbocycles. The lowest BCUT2D eigenvalue weighted by Gasteiger charge is -2.34. The fourth-order valence-electron chi connectivity index (χ4n) is 2.30. The van der Waals surface area contributed by atoms with E-state index in [0.29, 0.717) is 17.0 Å². The van der Waals surface area contributed by atoms with E-state index in [2.05, 4.69) is 11.8 Å². The van der Waals surface area contributed by atoms with Crippen LogP contribution in [0.15, 0.2) is 18.2 Å². The first-order valence-corrected chi connectivity index (χ1v) is 6.61. The molecule has 104 valence electrons. The van der Waals surface area contributed by atoms with E-state index in [9.17, 15) is 4.79 Å². The minimum Gasteiger partial charge on any atom is -0.497 e. The Morgan fingerprint density at radius 2 is 2.00 bits per heavy atom. The Hall–Kier alpha value is -1.75. The number of piperazine rings is 1. The maximum Gasteiger partial charge on any atom is 0.256 e. The monoisotopic (exact) mass is 263 g/mol. The highest BCUT2D eigenvalue weighted by atomic mass is 16.5. The number of methoxy groups -OCH3 is 1. The summed E-state index contributed by atoms with van der Waals surface area (Å²) in [6, 6.07) is 5.20. The van der Waals surface area contributed by atoms with Crippen LogP contribution in [-0.4, -0.2) is 55.5 Å². The van der Waals surface area contributed by atoms with Crippen molar-refractivity contribution in [3.8, 4) is 5.75 Å². The van der Waals surface area contributed by atoms with Gasteiger partial charge in [-0.05, 0) is 18.7 Å². The van der Waals surface area contributed by atoms with Crippen molar-refractivity contribution in [3.63, 3.8) is 0 Å².